The number of carbonyl (C=O) groups is 1. The second kappa shape index (κ2) is 12.2. The molecule has 0 spiro atoms. The highest BCUT2D eigenvalue weighted by Gasteiger charge is 2.56. The number of anilines is 2. The zero-order valence-corrected chi connectivity index (χ0v) is 24.3. The van der Waals surface area contributed by atoms with Crippen molar-refractivity contribution in [2.75, 3.05) is 24.7 Å². The smallest absolute Gasteiger partial charge is 0.462 e. The summed E-state index contributed by atoms with van der Waals surface area (Å²) in [5.41, 5.74) is 4.14. The number of nitrogens with zero attached hydrogens (tertiary/aromatic N) is 5. The average Bonchev–Trinajstić information content (AvgIpc) is 3.42. The number of para-hydroxylation sites is 1. The predicted molar refractivity (Wildman–Crippen MR) is 149 cm³/mol. The zero-order valence-electron chi connectivity index (χ0n) is 22.6. The van der Waals surface area contributed by atoms with E-state index in [9.17, 15) is 9.90 Å². The van der Waals surface area contributed by atoms with Gasteiger partial charge >= 0.3 is 13.0 Å². The Kier molecular flexibility index (Phi) is 9.12. The third-order valence-corrected chi connectivity index (χ3v) is 8.04. The Morgan fingerprint density at radius 1 is 1.35 bits per heavy atom. The van der Waals surface area contributed by atoms with Crippen LogP contribution in [0.25, 0.3) is 11.2 Å². The molecule has 0 radical (unpaired) electrons. The van der Waals surface area contributed by atoms with Crippen molar-refractivity contribution in [2.24, 2.45) is 0 Å². The van der Waals surface area contributed by atoms with Crippen molar-refractivity contribution < 1.29 is 33.1 Å². The number of ether oxygens (including phenoxy) is 2. The summed E-state index contributed by atoms with van der Waals surface area (Å²) in [6, 6.07) is 7.80. The lowest BCUT2D eigenvalue weighted by atomic mass is 9.98. The van der Waals surface area contributed by atoms with Gasteiger partial charge in [-0.25, -0.2) is 9.37 Å². The van der Waals surface area contributed by atoms with E-state index in [4.69, 9.17) is 36.4 Å². The van der Waals surface area contributed by atoms with Crippen molar-refractivity contribution in [3.05, 3.63) is 36.7 Å². The molecule has 4 rings (SSSR count). The first-order chi connectivity index (χ1) is 18.9. The molecule has 0 amide bonds. The van der Waals surface area contributed by atoms with Gasteiger partial charge in [0.25, 0.3) is 0 Å². The van der Waals surface area contributed by atoms with Crippen LogP contribution < -0.4 is 15.9 Å². The van der Waals surface area contributed by atoms with E-state index in [-0.39, 0.29) is 24.3 Å². The van der Waals surface area contributed by atoms with Crippen LogP contribution in [0.1, 0.15) is 33.9 Å². The topological polar surface area (TPSA) is 159 Å². The number of esters is 1. The summed E-state index contributed by atoms with van der Waals surface area (Å²) in [4.78, 5) is 32.3. The van der Waals surface area contributed by atoms with Gasteiger partial charge in [0.05, 0.1) is 17.3 Å². The maximum atomic E-state index is 15.9. The number of aliphatic hydroxyl groups excluding tert-OH is 1. The minimum absolute atomic E-state index is 0.0436. The number of rotatable bonds is 11. The molecule has 6 atom stereocenters. The quantitative estimate of drug-likeness (QED) is 0.169. The minimum Gasteiger partial charge on any atom is -0.462 e. The lowest BCUT2D eigenvalue weighted by Gasteiger charge is -2.24. The van der Waals surface area contributed by atoms with E-state index in [2.05, 4.69) is 20.3 Å². The fourth-order valence-corrected chi connectivity index (χ4v) is 5.72. The van der Waals surface area contributed by atoms with Crippen molar-refractivity contribution >= 4 is 47.8 Å². The van der Waals surface area contributed by atoms with Gasteiger partial charge in [-0.1, -0.05) is 18.2 Å². The second-order valence-electron chi connectivity index (χ2n) is 9.53. The van der Waals surface area contributed by atoms with Crippen LogP contribution in [0.5, 0.6) is 5.75 Å². The largest absolute Gasteiger partial charge is 0.480 e. The summed E-state index contributed by atoms with van der Waals surface area (Å²) in [7, 11) is -0.371. The van der Waals surface area contributed by atoms with E-state index < -0.39 is 43.2 Å². The summed E-state index contributed by atoms with van der Waals surface area (Å²) < 4.78 is 34.4. The lowest BCUT2D eigenvalue weighted by Crippen LogP contribution is -2.41. The fraction of sp³-hybridized carbons (Fsp3) is 0.500. The number of imidazole rings is 1. The highest BCUT2D eigenvalue weighted by molar-refractivity contribution is 8.01. The van der Waals surface area contributed by atoms with E-state index in [1.165, 1.54) is 22.7 Å². The molecule has 3 heterocycles. The van der Waals surface area contributed by atoms with Gasteiger partial charge in [0, 0.05) is 7.05 Å². The Balaban J connectivity index is 1.52. The third-order valence-electron chi connectivity index (χ3n) is 6.12. The molecular formula is C24H32FN7O6PS+. The molecule has 1 aromatic carbocycles. The number of benzene rings is 1. The molecule has 13 nitrogen and oxygen atoms in total. The monoisotopic (exact) mass is 596 g/mol. The molecule has 216 valence electrons. The van der Waals surface area contributed by atoms with Crippen LogP contribution in [-0.4, -0.2) is 79.1 Å². The Labute approximate surface area is 236 Å². The third kappa shape index (κ3) is 6.14. The van der Waals surface area contributed by atoms with E-state index in [1.54, 1.807) is 52.1 Å². The molecule has 1 aliphatic rings. The van der Waals surface area contributed by atoms with E-state index in [0.717, 1.165) is 0 Å². The first-order valence-electron chi connectivity index (χ1n) is 12.5. The molecule has 16 heteroatoms. The van der Waals surface area contributed by atoms with Crippen molar-refractivity contribution in [3.63, 3.8) is 0 Å². The van der Waals surface area contributed by atoms with Crippen LogP contribution in [0.3, 0.4) is 0 Å². The number of fused-ring (bicyclic) bond motifs is 1. The van der Waals surface area contributed by atoms with Gasteiger partial charge in [0.15, 0.2) is 40.7 Å². The Morgan fingerprint density at radius 3 is 2.70 bits per heavy atom. The number of hydrogen-bond acceptors (Lipinski definition) is 12. The molecule has 0 saturated carbocycles. The molecule has 4 N–H and O–H groups in total. The minimum atomic E-state index is -2.26. The summed E-state index contributed by atoms with van der Waals surface area (Å²) >= 11 is 5.56. The highest BCUT2D eigenvalue weighted by Crippen LogP contribution is 2.44. The SMILES string of the molecule is CNc1nc(N)nc2c1ncn2[C@@H]1O[C@H](CO[P+](=S)N(Oc2ccccc2)[C@H](C)C(=O)OC(C)C)[C@@H](O)[C@@]1(C)F. The van der Waals surface area contributed by atoms with E-state index in [0.29, 0.717) is 17.1 Å². The fourth-order valence-electron chi connectivity index (χ4n) is 4.09. The van der Waals surface area contributed by atoms with Crippen molar-refractivity contribution in [2.45, 2.75) is 63.9 Å². The summed E-state index contributed by atoms with van der Waals surface area (Å²) in [5, 5.41) is 13.7. The summed E-state index contributed by atoms with van der Waals surface area (Å²) in [6.07, 6.45) is -3.03. The van der Waals surface area contributed by atoms with Gasteiger partial charge in [0.1, 0.15) is 18.8 Å². The van der Waals surface area contributed by atoms with Crippen LogP contribution in [0.15, 0.2) is 36.7 Å². The molecule has 1 aliphatic heterocycles. The molecule has 1 unspecified atom stereocenters. The molecule has 40 heavy (non-hydrogen) atoms. The highest BCUT2D eigenvalue weighted by atomic mass is 32.4. The van der Waals surface area contributed by atoms with Crippen molar-refractivity contribution in [1.29, 1.82) is 0 Å². The maximum Gasteiger partial charge on any atom is 0.480 e. The second-order valence-corrected chi connectivity index (χ2v) is 11.6. The molecule has 0 bridgehead atoms. The molecular weight excluding hydrogens is 564 g/mol. The van der Waals surface area contributed by atoms with Crippen LogP contribution in [-0.2, 0) is 30.6 Å². The number of hydroxylamine groups is 1. The number of carbonyl (C=O) groups excluding carboxylic acids is 1. The van der Waals surface area contributed by atoms with Gasteiger partial charge in [-0.2, -0.15) is 9.97 Å². The van der Waals surface area contributed by atoms with E-state index in [1.807, 2.05) is 6.07 Å². The number of aliphatic hydroxyl groups is 1. The van der Waals surface area contributed by atoms with Gasteiger partial charge in [-0.05, 0) is 39.8 Å². The standard InChI is InChI=1S/C24H32FN7O6PS/c1-13(2)36-21(34)14(3)32(38-15-9-7-6-8-10-15)39(40)35-11-16-18(33)24(4,25)22(37-16)31-12-28-17-19(27-5)29-23(26)30-20(17)31/h6-10,12-14,16,18,22,33H,11H2,1-5H3,(H3,26,27,29,30)/q+1/t14-,16-,18-,22-,24-/m1/s1. The normalized spacial score (nSPS) is 23.9. The molecule has 0 aliphatic carbocycles. The molecule has 3 aromatic rings. The number of hydrogen-bond donors (Lipinski definition) is 3. The van der Waals surface area contributed by atoms with Gasteiger partial charge in [-0.15, -0.1) is 4.52 Å². The lowest BCUT2D eigenvalue weighted by molar-refractivity contribution is -0.158. The maximum absolute atomic E-state index is 15.9. The molecule has 2 aromatic heterocycles. The Morgan fingerprint density at radius 2 is 2.05 bits per heavy atom. The van der Waals surface area contributed by atoms with Crippen molar-refractivity contribution in [1.82, 2.24) is 24.4 Å². The molecule has 1 saturated heterocycles. The van der Waals surface area contributed by atoms with Gasteiger partial charge in [-0.3, -0.25) is 9.36 Å². The summed E-state index contributed by atoms with van der Waals surface area (Å²) in [5.74, 6) is 0.184. The van der Waals surface area contributed by atoms with Crippen LogP contribution in [0.2, 0.25) is 0 Å². The average molecular weight is 597 g/mol. The number of nitrogens with one attached hydrogen (secondary N) is 1. The van der Waals surface area contributed by atoms with Crippen LogP contribution >= 0.6 is 7.07 Å². The number of aromatic nitrogens is 4. The predicted octanol–water partition coefficient (Wildman–Crippen LogP) is 2.86. The Hall–Kier alpha value is -3.07. The van der Waals surface area contributed by atoms with Crippen LogP contribution in [0, 0.1) is 0 Å². The van der Waals surface area contributed by atoms with Gasteiger partial charge < -0.3 is 30.5 Å². The van der Waals surface area contributed by atoms with E-state index >= 15 is 4.39 Å². The molecule has 1 fully saturated rings. The number of halogens is 1. The number of nitrogen functional groups attached to an aromatic ring is 1. The Bertz CT molecular complexity index is 1360. The van der Waals surface area contributed by atoms with Crippen molar-refractivity contribution in [3.8, 4) is 5.75 Å². The first-order valence-corrected chi connectivity index (χ1v) is 14.7. The first kappa shape index (κ1) is 29.9. The van der Waals surface area contributed by atoms with Crippen LogP contribution in [0.4, 0.5) is 16.2 Å². The zero-order chi connectivity index (χ0) is 29.2. The number of nitrogens with two attached hydrogens (primary N) is 1. The van der Waals surface area contributed by atoms with Gasteiger partial charge in [0.2, 0.25) is 17.8 Å². The summed E-state index contributed by atoms with van der Waals surface area (Å²) in [6.45, 7) is 5.95. The number of alkyl halides is 1.